The second-order valence-corrected chi connectivity index (χ2v) is 8.72. The van der Waals surface area contributed by atoms with Gasteiger partial charge >= 0.3 is 6.09 Å². The van der Waals surface area contributed by atoms with E-state index in [1.165, 1.54) is 0 Å². The van der Waals surface area contributed by atoms with E-state index >= 15 is 0 Å². The minimum atomic E-state index is -0.496. The molecule has 164 valence electrons. The third-order valence-electron chi connectivity index (χ3n) is 5.29. The van der Waals surface area contributed by atoms with Gasteiger partial charge in [0, 0.05) is 24.8 Å². The van der Waals surface area contributed by atoms with E-state index in [4.69, 9.17) is 14.5 Å². The number of methoxy groups -OCH3 is 1. The van der Waals surface area contributed by atoms with E-state index in [0.29, 0.717) is 6.54 Å². The number of hydrogen-bond donors (Lipinski definition) is 1. The fourth-order valence-corrected chi connectivity index (χ4v) is 3.77. The molecule has 1 aliphatic heterocycles. The van der Waals surface area contributed by atoms with Crippen LogP contribution in [0.25, 0.3) is 16.8 Å². The van der Waals surface area contributed by atoms with Gasteiger partial charge in [0.15, 0.2) is 5.65 Å². The van der Waals surface area contributed by atoms with Crippen molar-refractivity contribution in [3.63, 3.8) is 0 Å². The molecule has 8 heteroatoms. The molecular formula is C23H29N5O3. The first-order chi connectivity index (χ1) is 14.8. The van der Waals surface area contributed by atoms with Crippen LogP contribution in [0.15, 0.2) is 42.7 Å². The minimum absolute atomic E-state index is 0.0823. The summed E-state index contributed by atoms with van der Waals surface area (Å²) in [5.74, 6) is 1.56. The standard InChI is InChI=1S/C23H29N5O3/c1-23(2,3)31-22(29)27-12-5-6-17(27)14-24-20-11-13-28-21(26-20)19(15-25-28)16-7-9-18(30-4)10-8-16/h7-11,13,15,17H,5-6,12,14H2,1-4H3,(H,24,26). The van der Waals surface area contributed by atoms with Gasteiger partial charge < -0.3 is 19.7 Å². The van der Waals surface area contributed by atoms with Crippen LogP contribution in [0.5, 0.6) is 5.75 Å². The molecule has 2 aromatic heterocycles. The molecule has 0 spiro atoms. The van der Waals surface area contributed by atoms with Gasteiger partial charge in [0.05, 0.1) is 19.3 Å². The molecule has 1 aliphatic rings. The number of benzene rings is 1. The van der Waals surface area contributed by atoms with E-state index in [-0.39, 0.29) is 12.1 Å². The highest BCUT2D eigenvalue weighted by Crippen LogP contribution is 2.26. The van der Waals surface area contributed by atoms with Crippen molar-refractivity contribution in [2.75, 3.05) is 25.5 Å². The molecule has 31 heavy (non-hydrogen) atoms. The summed E-state index contributed by atoms with van der Waals surface area (Å²) in [5.41, 5.74) is 2.24. The Hall–Kier alpha value is -3.29. The minimum Gasteiger partial charge on any atom is -0.497 e. The maximum Gasteiger partial charge on any atom is 0.410 e. The number of hydrogen-bond acceptors (Lipinski definition) is 6. The van der Waals surface area contributed by atoms with E-state index in [1.54, 1.807) is 11.6 Å². The Morgan fingerprint density at radius 1 is 1.23 bits per heavy atom. The maximum atomic E-state index is 12.5. The van der Waals surface area contributed by atoms with Gasteiger partial charge in [-0.1, -0.05) is 12.1 Å². The van der Waals surface area contributed by atoms with Crippen LogP contribution >= 0.6 is 0 Å². The van der Waals surface area contributed by atoms with Crippen molar-refractivity contribution < 1.29 is 14.3 Å². The molecule has 1 atom stereocenters. The van der Waals surface area contributed by atoms with Gasteiger partial charge in [-0.05, 0) is 57.4 Å². The van der Waals surface area contributed by atoms with Crippen molar-refractivity contribution in [1.29, 1.82) is 0 Å². The van der Waals surface area contributed by atoms with Crippen LogP contribution < -0.4 is 10.1 Å². The molecule has 3 heterocycles. The molecule has 3 aromatic rings. The summed E-state index contributed by atoms with van der Waals surface area (Å²) in [4.78, 5) is 19.1. The highest BCUT2D eigenvalue weighted by atomic mass is 16.6. The first kappa shape index (κ1) is 21.0. The molecule has 4 rings (SSSR count). The zero-order chi connectivity index (χ0) is 22.0. The van der Waals surface area contributed by atoms with E-state index in [0.717, 1.165) is 47.7 Å². The number of carbonyl (C=O) groups excluding carboxylic acids is 1. The first-order valence-electron chi connectivity index (χ1n) is 10.6. The highest BCUT2D eigenvalue weighted by Gasteiger charge is 2.32. The van der Waals surface area contributed by atoms with Gasteiger partial charge in [-0.15, -0.1) is 0 Å². The largest absolute Gasteiger partial charge is 0.497 e. The lowest BCUT2D eigenvalue weighted by molar-refractivity contribution is 0.0235. The zero-order valence-corrected chi connectivity index (χ0v) is 18.5. The number of nitrogens with zero attached hydrogens (tertiary/aromatic N) is 4. The van der Waals surface area contributed by atoms with Gasteiger partial charge in [-0.3, -0.25) is 0 Å². The molecule has 1 N–H and O–H groups in total. The Labute approximate surface area is 182 Å². The Bertz CT molecular complexity index is 1060. The molecule has 1 saturated heterocycles. The molecule has 1 amide bonds. The molecule has 0 aliphatic carbocycles. The second-order valence-electron chi connectivity index (χ2n) is 8.72. The van der Waals surface area contributed by atoms with E-state index in [2.05, 4.69) is 10.4 Å². The Morgan fingerprint density at radius 2 is 2.00 bits per heavy atom. The topological polar surface area (TPSA) is 81.0 Å². The molecule has 1 fully saturated rings. The Morgan fingerprint density at radius 3 is 2.71 bits per heavy atom. The summed E-state index contributed by atoms with van der Waals surface area (Å²) in [6.07, 6.45) is 5.37. The fourth-order valence-electron chi connectivity index (χ4n) is 3.77. The number of rotatable bonds is 5. The average molecular weight is 424 g/mol. The highest BCUT2D eigenvalue weighted by molar-refractivity contribution is 5.78. The summed E-state index contributed by atoms with van der Waals surface area (Å²) >= 11 is 0. The number of nitrogens with one attached hydrogen (secondary N) is 1. The van der Waals surface area contributed by atoms with Crippen molar-refractivity contribution in [3.8, 4) is 16.9 Å². The van der Waals surface area contributed by atoms with E-state index in [9.17, 15) is 4.79 Å². The fraction of sp³-hybridized carbons (Fsp3) is 0.435. The average Bonchev–Trinajstić information content (AvgIpc) is 3.38. The Kier molecular flexibility index (Phi) is 5.71. The third kappa shape index (κ3) is 4.73. The monoisotopic (exact) mass is 423 g/mol. The molecule has 0 radical (unpaired) electrons. The lowest BCUT2D eigenvalue weighted by Crippen LogP contribution is -2.42. The van der Waals surface area contributed by atoms with Crippen LogP contribution in [0.1, 0.15) is 33.6 Å². The molecule has 8 nitrogen and oxygen atoms in total. The number of ether oxygens (including phenoxy) is 2. The number of amides is 1. The summed E-state index contributed by atoms with van der Waals surface area (Å²) in [7, 11) is 1.65. The number of carbonyl (C=O) groups is 1. The van der Waals surface area contributed by atoms with Crippen molar-refractivity contribution in [2.24, 2.45) is 0 Å². The number of aromatic nitrogens is 3. The molecule has 1 aromatic carbocycles. The van der Waals surface area contributed by atoms with Gasteiger partial charge in [0.25, 0.3) is 0 Å². The predicted octanol–water partition coefficient (Wildman–Crippen LogP) is 4.22. The SMILES string of the molecule is COc1ccc(-c2cnn3ccc(NCC4CCCN4C(=O)OC(C)(C)C)nc23)cc1. The maximum absolute atomic E-state index is 12.5. The van der Waals surface area contributed by atoms with Crippen LogP contribution in [0, 0.1) is 0 Å². The summed E-state index contributed by atoms with van der Waals surface area (Å²) in [5, 5.41) is 7.80. The summed E-state index contributed by atoms with van der Waals surface area (Å²) < 4.78 is 12.6. The third-order valence-corrected chi connectivity index (χ3v) is 5.29. The van der Waals surface area contributed by atoms with Crippen LogP contribution in [-0.4, -0.2) is 57.4 Å². The quantitative estimate of drug-likeness (QED) is 0.662. The molecule has 1 unspecified atom stereocenters. The van der Waals surface area contributed by atoms with Crippen LogP contribution in [-0.2, 0) is 4.74 Å². The normalized spacial score (nSPS) is 16.5. The molecule has 0 saturated carbocycles. The number of anilines is 1. The van der Waals surface area contributed by atoms with Gasteiger partial charge in [-0.2, -0.15) is 5.10 Å². The summed E-state index contributed by atoms with van der Waals surface area (Å²) in [6, 6.07) is 9.81. The van der Waals surface area contributed by atoms with Crippen molar-refractivity contribution in [1.82, 2.24) is 19.5 Å². The van der Waals surface area contributed by atoms with Gasteiger partial charge in [0.1, 0.15) is 17.2 Å². The first-order valence-corrected chi connectivity index (χ1v) is 10.6. The van der Waals surface area contributed by atoms with E-state index < -0.39 is 5.60 Å². The van der Waals surface area contributed by atoms with Crippen molar-refractivity contribution in [3.05, 3.63) is 42.7 Å². The molecular weight excluding hydrogens is 394 g/mol. The lowest BCUT2D eigenvalue weighted by Gasteiger charge is -2.28. The van der Waals surface area contributed by atoms with E-state index in [1.807, 2.05) is 68.4 Å². The summed E-state index contributed by atoms with van der Waals surface area (Å²) in [6.45, 7) is 7.00. The molecule has 0 bridgehead atoms. The van der Waals surface area contributed by atoms with Crippen LogP contribution in [0.4, 0.5) is 10.6 Å². The van der Waals surface area contributed by atoms with Crippen molar-refractivity contribution in [2.45, 2.75) is 45.3 Å². The number of fused-ring (bicyclic) bond motifs is 1. The van der Waals surface area contributed by atoms with Gasteiger partial charge in [-0.25, -0.2) is 14.3 Å². The van der Waals surface area contributed by atoms with Crippen LogP contribution in [0.2, 0.25) is 0 Å². The lowest BCUT2D eigenvalue weighted by atomic mass is 10.1. The zero-order valence-electron chi connectivity index (χ0n) is 18.5. The van der Waals surface area contributed by atoms with Crippen LogP contribution in [0.3, 0.4) is 0 Å². The van der Waals surface area contributed by atoms with Gasteiger partial charge in [0.2, 0.25) is 0 Å². The van der Waals surface area contributed by atoms with Crippen molar-refractivity contribution >= 4 is 17.6 Å². The predicted molar refractivity (Wildman–Crippen MR) is 119 cm³/mol. The smallest absolute Gasteiger partial charge is 0.410 e. The Balaban J connectivity index is 1.48. The second kappa shape index (κ2) is 8.45. The number of likely N-dealkylation sites (tertiary alicyclic amines) is 1.